The molecule has 0 amide bonds. The molecule has 3 saturated heterocycles. The fourth-order valence-electron chi connectivity index (χ4n) is 5.31. The zero-order valence-corrected chi connectivity index (χ0v) is 24.1. The van der Waals surface area contributed by atoms with Crippen LogP contribution < -0.4 is 4.90 Å². The molecule has 0 aliphatic carbocycles. The van der Waals surface area contributed by atoms with Gasteiger partial charge in [-0.1, -0.05) is 11.6 Å². The third kappa shape index (κ3) is 5.46. The largest absolute Gasteiger partial charge is 0.366 e. The molecule has 2 aromatic heterocycles. The minimum atomic E-state index is -3.44. The van der Waals surface area contributed by atoms with Gasteiger partial charge in [0, 0.05) is 0 Å². The average Bonchev–Trinajstić information content (AvgIpc) is 3.61. The van der Waals surface area contributed by atoms with E-state index in [1.165, 1.54) is 15.8 Å². The summed E-state index contributed by atoms with van der Waals surface area (Å²) in [5, 5.41) is 14.5. The lowest BCUT2D eigenvalue weighted by Gasteiger charge is -2.25. The number of hydrogen-bond acceptors (Lipinski definition) is 11. The lowest BCUT2D eigenvalue weighted by molar-refractivity contribution is -0.202. The smallest absolute Gasteiger partial charge is 0.356 e. The van der Waals surface area contributed by atoms with E-state index in [1.807, 2.05) is 6.07 Å². The number of hydrogen-bond donors (Lipinski definition) is 0. The zero-order valence-electron chi connectivity index (χ0n) is 22.5. The summed E-state index contributed by atoms with van der Waals surface area (Å²) in [4.78, 5) is 5.83. The van der Waals surface area contributed by atoms with E-state index >= 15 is 0 Å². The van der Waals surface area contributed by atoms with Gasteiger partial charge >= 0.3 is 7.60 Å². The number of alkyl halides is 2. The first-order valence-electron chi connectivity index (χ1n) is 13.0. The number of rotatable bonds is 10. The molecule has 0 N–H and O–H groups in total. The molecule has 0 bridgehead atoms. The van der Waals surface area contributed by atoms with E-state index in [1.54, 1.807) is 27.7 Å². The summed E-state index contributed by atoms with van der Waals surface area (Å²) >= 11 is 6.39. The highest BCUT2D eigenvalue weighted by Crippen LogP contribution is 2.49. The Labute approximate surface area is 234 Å². The second kappa shape index (κ2) is 11.4. The highest BCUT2D eigenvalue weighted by Gasteiger charge is 2.56. The summed E-state index contributed by atoms with van der Waals surface area (Å²) in [6.45, 7) is 6.86. The number of nitrogens with zero attached hydrogens (tertiary/aromatic N) is 5. The van der Waals surface area contributed by atoms with Crippen LogP contribution in [0.1, 0.15) is 39.5 Å². The van der Waals surface area contributed by atoms with Crippen LogP contribution in [-0.4, -0.2) is 90.5 Å². The van der Waals surface area contributed by atoms with Crippen LogP contribution in [0.3, 0.4) is 0 Å². The van der Waals surface area contributed by atoms with Gasteiger partial charge in [0.15, 0.2) is 35.2 Å². The summed E-state index contributed by atoms with van der Waals surface area (Å²) in [6, 6.07) is 2.00. The third-order valence-corrected chi connectivity index (χ3v) is 8.91. The van der Waals surface area contributed by atoms with Crippen LogP contribution in [0, 0.1) is 11.3 Å². The lowest BCUT2D eigenvalue weighted by atomic mass is 10.1. The predicted molar refractivity (Wildman–Crippen MR) is 139 cm³/mol. The van der Waals surface area contributed by atoms with Crippen LogP contribution in [0.4, 0.5) is 14.5 Å². The maximum atomic E-state index is 14.1. The highest BCUT2D eigenvalue weighted by molar-refractivity contribution is 7.53. The second-order valence-corrected chi connectivity index (χ2v) is 12.4. The Bertz CT molecular complexity index is 1320. The van der Waals surface area contributed by atoms with Crippen molar-refractivity contribution in [2.24, 2.45) is 0 Å². The molecule has 0 radical (unpaired) electrons. The van der Waals surface area contributed by atoms with E-state index < -0.39 is 50.3 Å². The minimum absolute atomic E-state index is 0.00104. The van der Waals surface area contributed by atoms with Crippen molar-refractivity contribution in [2.75, 3.05) is 44.2 Å². The molecule has 0 aromatic carbocycles. The molecule has 16 heteroatoms. The standard InChI is InChI=1S/C24H31ClF2N5O7P/c1-5-35-40(33,36-6-2)12-34-11-17-19-20(39-24(3,4)38-19)23(37-17)32-22-14(8-29-32)18(13(7-28)21(25)30-22)31-9-15(26)16(27)10-31/h8,15-17,19-20,23H,5-6,9-12H2,1-4H3/t15-,16+,17-,19-,20-,23-/m1/s1. The SMILES string of the molecule is CCOP(=O)(COC[C@H]1O[C@@H](n2ncc3c(N4C[C@@H](F)[C@@H](F)C4)c(C#N)c(Cl)nc32)[C@@H]2OC(C)(C)O[C@@H]21)OCC. The summed E-state index contributed by atoms with van der Waals surface area (Å²) < 4.78 is 77.3. The maximum Gasteiger partial charge on any atom is 0.356 e. The van der Waals surface area contributed by atoms with Gasteiger partial charge in [0.2, 0.25) is 0 Å². The van der Waals surface area contributed by atoms with Gasteiger partial charge in [-0.05, 0) is 27.7 Å². The van der Waals surface area contributed by atoms with Crippen LogP contribution in [-0.2, 0) is 32.6 Å². The number of fused-ring (bicyclic) bond motifs is 2. The van der Waals surface area contributed by atoms with Crippen molar-refractivity contribution in [1.29, 1.82) is 5.26 Å². The van der Waals surface area contributed by atoms with Crippen molar-refractivity contribution >= 4 is 35.9 Å². The average molecular weight is 606 g/mol. The van der Waals surface area contributed by atoms with E-state index in [4.69, 9.17) is 39.6 Å². The molecule has 5 rings (SSSR count). The quantitative estimate of drug-likeness (QED) is 0.286. The fourth-order valence-corrected chi connectivity index (χ4v) is 6.86. The summed E-state index contributed by atoms with van der Waals surface area (Å²) in [5.74, 6) is -0.948. The van der Waals surface area contributed by atoms with Gasteiger partial charge in [-0.25, -0.2) is 18.4 Å². The number of pyridine rings is 1. The number of ether oxygens (including phenoxy) is 4. The van der Waals surface area contributed by atoms with Crippen LogP contribution >= 0.6 is 19.2 Å². The first-order chi connectivity index (χ1) is 19.0. The minimum Gasteiger partial charge on any atom is -0.366 e. The Morgan fingerprint density at radius 3 is 2.48 bits per heavy atom. The molecule has 3 fully saturated rings. The van der Waals surface area contributed by atoms with Gasteiger partial charge in [0.25, 0.3) is 0 Å². The topological polar surface area (TPSA) is 130 Å². The van der Waals surface area contributed by atoms with Crippen molar-refractivity contribution in [3.05, 3.63) is 16.9 Å². The van der Waals surface area contributed by atoms with Crippen LogP contribution in [0.25, 0.3) is 11.0 Å². The first kappa shape index (κ1) is 29.5. The molecular formula is C24H31ClF2N5O7P. The number of nitriles is 1. The monoisotopic (exact) mass is 605 g/mol. The van der Waals surface area contributed by atoms with Gasteiger partial charge < -0.3 is 32.9 Å². The van der Waals surface area contributed by atoms with Crippen molar-refractivity contribution in [3.63, 3.8) is 0 Å². The zero-order chi connectivity index (χ0) is 28.8. The molecule has 3 aliphatic rings. The Hall–Kier alpha value is -1.95. The van der Waals surface area contributed by atoms with Crippen LogP contribution in [0.2, 0.25) is 5.15 Å². The molecule has 12 nitrogen and oxygen atoms in total. The molecule has 0 saturated carbocycles. The lowest BCUT2D eigenvalue weighted by Crippen LogP contribution is -2.33. The van der Waals surface area contributed by atoms with Crippen molar-refractivity contribution in [3.8, 4) is 6.07 Å². The van der Waals surface area contributed by atoms with E-state index in [2.05, 4.69) is 10.1 Å². The second-order valence-electron chi connectivity index (χ2n) is 10.1. The van der Waals surface area contributed by atoms with Gasteiger partial charge in [0.1, 0.15) is 36.3 Å². The van der Waals surface area contributed by atoms with Gasteiger partial charge in [-0.15, -0.1) is 0 Å². The van der Waals surface area contributed by atoms with Crippen molar-refractivity contribution in [2.45, 2.75) is 70.4 Å². The van der Waals surface area contributed by atoms with E-state index in [-0.39, 0.29) is 61.3 Å². The summed E-state index contributed by atoms with van der Waals surface area (Å²) in [7, 11) is -3.44. The van der Waals surface area contributed by atoms with Gasteiger partial charge in [-0.3, -0.25) is 4.57 Å². The molecule has 2 aromatic rings. The highest BCUT2D eigenvalue weighted by atomic mass is 35.5. The number of anilines is 1. The molecule has 40 heavy (non-hydrogen) atoms. The van der Waals surface area contributed by atoms with Gasteiger partial charge in [-0.2, -0.15) is 10.4 Å². The molecule has 0 unspecified atom stereocenters. The number of halogens is 3. The van der Waals surface area contributed by atoms with Crippen LogP contribution in [0.15, 0.2) is 6.20 Å². The molecule has 5 heterocycles. The first-order valence-corrected chi connectivity index (χ1v) is 15.1. The normalized spacial score (nSPS) is 29.8. The summed E-state index contributed by atoms with van der Waals surface area (Å²) in [6.07, 6.45) is -4.95. The van der Waals surface area contributed by atoms with E-state index in [0.29, 0.717) is 5.39 Å². The molecule has 6 atom stereocenters. The number of aromatic nitrogens is 3. The van der Waals surface area contributed by atoms with Crippen molar-refractivity contribution < 1.29 is 41.3 Å². The Morgan fingerprint density at radius 1 is 1.20 bits per heavy atom. The Balaban J connectivity index is 1.45. The van der Waals surface area contributed by atoms with Crippen molar-refractivity contribution in [1.82, 2.24) is 14.8 Å². The fraction of sp³-hybridized carbons (Fsp3) is 0.708. The van der Waals surface area contributed by atoms with E-state index in [9.17, 15) is 18.6 Å². The predicted octanol–water partition coefficient (Wildman–Crippen LogP) is 4.11. The molecule has 3 aliphatic heterocycles. The maximum absolute atomic E-state index is 14.1. The molecule has 0 spiro atoms. The molecule has 220 valence electrons. The molecular weight excluding hydrogens is 575 g/mol. The summed E-state index contributed by atoms with van der Waals surface area (Å²) in [5.41, 5.74) is 0.501. The van der Waals surface area contributed by atoms with Gasteiger partial charge in [0.05, 0.1) is 50.2 Å². The Morgan fingerprint density at radius 2 is 1.85 bits per heavy atom. The van der Waals surface area contributed by atoms with E-state index in [0.717, 1.165) is 0 Å². The Kier molecular flexibility index (Phi) is 8.40. The third-order valence-electron chi connectivity index (χ3n) is 6.83. The van der Waals surface area contributed by atoms with Crippen LogP contribution in [0.5, 0.6) is 0 Å².